The van der Waals surface area contributed by atoms with E-state index >= 15 is 0 Å². The summed E-state index contributed by atoms with van der Waals surface area (Å²) in [5.41, 5.74) is 9.53. The zero-order valence-electron chi connectivity index (χ0n) is 8.23. The second-order valence-corrected chi connectivity index (χ2v) is 3.31. The molecule has 0 spiro atoms. The van der Waals surface area contributed by atoms with Crippen molar-refractivity contribution in [1.82, 2.24) is 14.8 Å². The van der Waals surface area contributed by atoms with E-state index in [0.717, 1.165) is 16.8 Å². The summed E-state index contributed by atoms with van der Waals surface area (Å²) >= 11 is 0. The molecule has 0 radical (unpaired) electrons. The van der Waals surface area contributed by atoms with Crippen LogP contribution in [0.2, 0.25) is 0 Å². The van der Waals surface area contributed by atoms with Crippen LogP contribution in [0.4, 0.5) is 5.69 Å². The standard InChI is InChI=1S/C10H12N4/c1-7-4-13-14(2)10(7)8-3-9(11)6-12-5-8/h3-6H,11H2,1-2H3. The molecule has 2 N–H and O–H groups in total. The normalized spacial score (nSPS) is 10.4. The molecule has 72 valence electrons. The molecule has 0 aliphatic rings. The Hall–Kier alpha value is -1.84. The minimum absolute atomic E-state index is 0.670. The summed E-state index contributed by atoms with van der Waals surface area (Å²) in [4.78, 5) is 4.06. The Morgan fingerprint density at radius 2 is 2.07 bits per heavy atom. The minimum atomic E-state index is 0.670. The largest absolute Gasteiger partial charge is 0.397 e. The number of rotatable bonds is 1. The number of pyridine rings is 1. The lowest BCUT2D eigenvalue weighted by Crippen LogP contribution is -1.96. The van der Waals surface area contributed by atoms with Gasteiger partial charge < -0.3 is 5.73 Å². The molecule has 0 amide bonds. The summed E-state index contributed by atoms with van der Waals surface area (Å²) in [5.74, 6) is 0. The molecular weight excluding hydrogens is 176 g/mol. The summed E-state index contributed by atoms with van der Waals surface area (Å²) in [6, 6.07) is 1.90. The molecule has 0 aliphatic heterocycles. The number of nitrogens with two attached hydrogens (primary N) is 1. The van der Waals surface area contributed by atoms with Crippen molar-refractivity contribution < 1.29 is 0 Å². The van der Waals surface area contributed by atoms with Gasteiger partial charge in [0, 0.05) is 25.0 Å². The number of aryl methyl sites for hydroxylation is 2. The molecule has 0 aliphatic carbocycles. The summed E-state index contributed by atoms with van der Waals surface area (Å²) in [5, 5.41) is 4.17. The van der Waals surface area contributed by atoms with Gasteiger partial charge in [0.15, 0.2) is 0 Å². The van der Waals surface area contributed by atoms with E-state index in [0.29, 0.717) is 5.69 Å². The van der Waals surface area contributed by atoms with Gasteiger partial charge in [-0.15, -0.1) is 0 Å². The van der Waals surface area contributed by atoms with Gasteiger partial charge in [0.25, 0.3) is 0 Å². The zero-order valence-corrected chi connectivity index (χ0v) is 8.23. The highest BCUT2D eigenvalue weighted by Gasteiger charge is 2.07. The Balaban J connectivity index is 2.59. The first-order valence-electron chi connectivity index (χ1n) is 4.38. The summed E-state index contributed by atoms with van der Waals surface area (Å²) in [6.45, 7) is 2.02. The Morgan fingerprint density at radius 3 is 2.64 bits per heavy atom. The van der Waals surface area contributed by atoms with Crippen LogP contribution in [0.5, 0.6) is 0 Å². The number of nitrogens with zero attached hydrogens (tertiary/aromatic N) is 3. The first-order chi connectivity index (χ1) is 6.68. The van der Waals surface area contributed by atoms with Crippen LogP contribution in [0, 0.1) is 6.92 Å². The van der Waals surface area contributed by atoms with Gasteiger partial charge in [-0.1, -0.05) is 0 Å². The SMILES string of the molecule is Cc1cnn(C)c1-c1cncc(N)c1. The van der Waals surface area contributed by atoms with Gasteiger partial charge in [-0.05, 0) is 18.6 Å². The average Bonchev–Trinajstić information content (AvgIpc) is 2.46. The second kappa shape index (κ2) is 3.14. The Labute approximate surface area is 82.4 Å². The maximum Gasteiger partial charge on any atom is 0.0724 e. The molecule has 2 heterocycles. The van der Waals surface area contributed by atoms with Crippen molar-refractivity contribution >= 4 is 5.69 Å². The van der Waals surface area contributed by atoms with Crippen LogP contribution in [0.15, 0.2) is 24.7 Å². The number of hydrogen-bond acceptors (Lipinski definition) is 3. The third-order valence-corrected chi connectivity index (χ3v) is 2.15. The first-order valence-corrected chi connectivity index (χ1v) is 4.38. The quantitative estimate of drug-likeness (QED) is 0.735. The van der Waals surface area contributed by atoms with E-state index in [9.17, 15) is 0 Å². The van der Waals surface area contributed by atoms with E-state index < -0.39 is 0 Å². The van der Waals surface area contributed by atoms with Crippen molar-refractivity contribution in [1.29, 1.82) is 0 Å². The molecule has 0 saturated carbocycles. The highest BCUT2D eigenvalue weighted by Crippen LogP contribution is 2.22. The van der Waals surface area contributed by atoms with Crippen LogP contribution in [0.25, 0.3) is 11.3 Å². The zero-order chi connectivity index (χ0) is 10.1. The van der Waals surface area contributed by atoms with Gasteiger partial charge in [0.2, 0.25) is 0 Å². The van der Waals surface area contributed by atoms with Gasteiger partial charge in [-0.2, -0.15) is 5.10 Å². The fourth-order valence-electron chi connectivity index (χ4n) is 1.55. The molecule has 2 aromatic rings. The number of anilines is 1. The first kappa shape index (κ1) is 8.74. The van der Waals surface area contributed by atoms with Crippen LogP contribution in [-0.2, 0) is 7.05 Å². The van der Waals surface area contributed by atoms with Crippen molar-refractivity contribution in [3.63, 3.8) is 0 Å². The Bertz CT molecular complexity index is 439. The van der Waals surface area contributed by atoms with Crippen molar-refractivity contribution in [2.24, 2.45) is 7.05 Å². The molecule has 0 saturated heterocycles. The second-order valence-electron chi connectivity index (χ2n) is 3.31. The van der Waals surface area contributed by atoms with Crippen molar-refractivity contribution in [2.45, 2.75) is 6.92 Å². The molecule has 0 atom stereocenters. The number of nitrogen functional groups attached to an aromatic ring is 1. The third kappa shape index (κ3) is 1.35. The lowest BCUT2D eigenvalue weighted by molar-refractivity contribution is 0.775. The van der Waals surface area contributed by atoms with Gasteiger partial charge >= 0.3 is 0 Å². The van der Waals surface area contributed by atoms with Crippen molar-refractivity contribution in [3.8, 4) is 11.3 Å². The van der Waals surface area contributed by atoms with E-state index in [4.69, 9.17) is 5.73 Å². The molecule has 4 nitrogen and oxygen atoms in total. The summed E-state index contributed by atoms with van der Waals surface area (Å²) in [6.07, 6.45) is 5.26. The van der Waals surface area contributed by atoms with Crippen LogP contribution < -0.4 is 5.73 Å². The molecule has 2 rings (SSSR count). The van der Waals surface area contributed by atoms with E-state index in [1.165, 1.54) is 0 Å². The van der Waals surface area contributed by atoms with Crippen LogP contribution in [0.3, 0.4) is 0 Å². The highest BCUT2D eigenvalue weighted by atomic mass is 15.3. The molecule has 4 heteroatoms. The van der Waals surface area contributed by atoms with E-state index in [1.807, 2.05) is 30.9 Å². The predicted molar refractivity (Wildman–Crippen MR) is 55.6 cm³/mol. The lowest BCUT2D eigenvalue weighted by Gasteiger charge is -2.03. The van der Waals surface area contributed by atoms with E-state index in [-0.39, 0.29) is 0 Å². The van der Waals surface area contributed by atoms with Crippen LogP contribution in [0.1, 0.15) is 5.56 Å². The third-order valence-electron chi connectivity index (χ3n) is 2.15. The number of hydrogen-bond donors (Lipinski definition) is 1. The average molecular weight is 188 g/mol. The van der Waals surface area contributed by atoms with Crippen molar-refractivity contribution in [3.05, 3.63) is 30.2 Å². The van der Waals surface area contributed by atoms with Gasteiger partial charge in [-0.25, -0.2) is 0 Å². The maximum atomic E-state index is 5.67. The van der Waals surface area contributed by atoms with Crippen LogP contribution >= 0.6 is 0 Å². The summed E-state index contributed by atoms with van der Waals surface area (Å²) in [7, 11) is 1.91. The lowest BCUT2D eigenvalue weighted by atomic mass is 10.1. The topological polar surface area (TPSA) is 56.7 Å². The van der Waals surface area contributed by atoms with E-state index in [2.05, 4.69) is 10.1 Å². The van der Waals surface area contributed by atoms with Crippen molar-refractivity contribution in [2.75, 3.05) is 5.73 Å². The fourth-order valence-corrected chi connectivity index (χ4v) is 1.55. The fraction of sp³-hybridized carbons (Fsp3) is 0.200. The molecule has 2 aromatic heterocycles. The molecule has 0 aromatic carbocycles. The maximum absolute atomic E-state index is 5.67. The smallest absolute Gasteiger partial charge is 0.0724 e. The Kier molecular flexibility index (Phi) is 1.96. The Morgan fingerprint density at radius 1 is 1.29 bits per heavy atom. The molecular formula is C10H12N4. The molecule has 0 unspecified atom stereocenters. The van der Waals surface area contributed by atoms with E-state index in [1.54, 1.807) is 12.4 Å². The molecule has 14 heavy (non-hydrogen) atoms. The minimum Gasteiger partial charge on any atom is -0.397 e. The number of aromatic nitrogens is 3. The van der Waals surface area contributed by atoms with Gasteiger partial charge in [0.05, 0.1) is 17.6 Å². The van der Waals surface area contributed by atoms with Gasteiger partial charge in [-0.3, -0.25) is 9.67 Å². The molecule has 0 fully saturated rings. The monoisotopic (exact) mass is 188 g/mol. The summed E-state index contributed by atoms with van der Waals surface area (Å²) < 4.78 is 1.83. The highest BCUT2D eigenvalue weighted by molar-refractivity contribution is 5.65. The van der Waals surface area contributed by atoms with Gasteiger partial charge in [0.1, 0.15) is 0 Å². The van der Waals surface area contributed by atoms with Crippen LogP contribution in [-0.4, -0.2) is 14.8 Å². The molecule has 0 bridgehead atoms. The predicted octanol–water partition coefficient (Wildman–Crippen LogP) is 1.37.